The molecule has 1 aromatic carbocycles. The zero-order valence-corrected chi connectivity index (χ0v) is 17.0. The van der Waals surface area contributed by atoms with Crippen molar-refractivity contribution < 1.29 is 4.79 Å². The molecule has 2 aromatic rings. The van der Waals surface area contributed by atoms with Gasteiger partial charge in [-0.3, -0.25) is 4.79 Å². The second kappa shape index (κ2) is 8.77. The summed E-state index contributed by atoms with van der Waals surface area (Å²) in [5, 5.41) is 3.90. The van der Waals surface area contributed by atoms with Crippen molar-refractivity contribution in [3.05, 3.63) is 69.2 Å². The van der Waals surface area contributed by atoms with Crippen LogP contribution in [0.3, 0.4) is 0 Å². The van der Waals surface area contributed by atoms with E-state index in [9.17, 15) is 4.79 Å². The summed E-state index contributed by atoms with van der Waals surface area (Å²) in [6, 6.07) is 5.70. The maximum atomic E-state index is 10.8. The molecule has 6 heteroatoms. The summed E-state index contributed by atoms with van der Waals surface area (Å²) < 4.78 is 2.19. The monoisotopic (exact) mass is 403 g/mol. The number of imidazole rings is 1. The fraction of sp³-hybridized carbons (Fsp3) is 0.333. The lowest BCUT2D eigenvalue weighted by Crippen LogP contribution is -2.14. The Kier molecular flexibility index (Phi) is 6.40. The molecule has 0 spiro atoms. The van der Waals surface area contributed by atoms with E-state index in [0.29, 0.717) is 28.9 Å². The third-order valence-corrected chi connectivity index (χ3v) is 5.61. The molecule has 142 valence electrons. The molecular formula is C21H23Cl2N3O. The van der Waals surface area contributed by atoms with Gasteiger partial charge >= 0.3 is 0 Å². The third kappa shape index (κ3) is 4.45. The van der Waals surface area contributed by atoms with Crippen LogP contribution in [0.5, 0.6) is 0 Å². The number of nitrogens with one attached hydrogen (secondary N) is 1. The van der Waals surface area contributed by atoms with E-state index in [1.165, 1.54) is 0 Å². The van der Waals surface area contributed by atoms with E-state index >= 15 is 0 Å². The lowest BCUT2D eigenvalue weighted by Gasteiger charge is -2.18. The van der Waals surface area contributed by atoms with Crippen molar-refractivity contribution in [2.24, 2.45) is 5.92 Å². The molecule has 1 N–H and O–H groups in total. The van der Waals surface area contributed by atoms with Gasteiger partial charge in [0.2, 0.25) is 6.41 Å². The maximum Gasteiger partial charge on any atom is 0.207 e. The van der Waals surface area contributed by atoms with Gasteiger partial charge in [-0.05, 0) is 49.8 Å². The molecule has 1 aliphatic rings. The summed E-state index contributed by atoms with van der Waals surface area (Å²) in [4.78, 5) is 15.5. The van der Waals surface area contributed by atoms with Crippen molar-refractivity contribution in [2.75, 3.05) is 0 Å². The highest BCUT2D eigenvalue weighted by molar-refractivity contribution is 6.42. The lowest BCUT2D eigenvalue weighted by atomic mass is 10.0. The number of nitrogens with zero attached hydrogens (tertiary/aromatic N) is 2. The number of rotatable bonds is 7. The number of carbonyl (C=O) groups is 1. The fourth-order valence-electron chi connectivity index (χ4n) is 3.48. The molecule has 1 aromatic heterocycles. The molecule has 0 aliphatic heterocycles. The molecule has 27 heavy (non-hydrogen) atoms. The van der Waals surface area contributed by atoms with Crippen LogP contribution in [0.4, 0.5) is 0 Å². The van der Waals surface area contributed by atoms with Gasteiger partial charge in [-0.2, -0.15) is 0 Å². The van der Waals surface area contributed by atoms with Gasteiger partial charge in [-0.25, -0.2) is 4.98 Å². The molecule has 1 atom stereocenters. The molecule has 1 amide bonds. The third-order valence-electron chi connectivity index (χ3n) is 4.75. The Morgan fingerprint density at radius 1 is 1.33 bits per heavy atom. The number of amides is 1. The van der Waals surface area contributed by atoms with Gasteiger partial charge in [0.1, 0.15) is 5.82 Å². The standard InChI is InChI=1S/C21H23Cl2N3O/c1-14-5-3-7-17(11-14)26-15(2)25-19(12-24-13-27)20(26)10-9-16-6-4-8-18(22)21(16)23/h3-4,6-8,11,13-14H,5,9-10,12H2,1-2H3,(H,24,27). The minimum atomic E-state index is 0.405. The number of carbonyl (C=O) groups excluding carboxylic acids is 1. The highest BCUT2D eigenvalue weighted by Crippen LogP contribution is 2.29. The Hall–Kier alpha value is -2.04. The van der Waals surface area contributed by atoms with E-state index in [2.05, 4.69) is 35.0 Å². The second-order valence-corrected chi connectivity index (χ2v) is 7.59. The van der Waals surface area contributed by atoms with E-state index in [4.69, 9.17) is 28.2 Å². The van der Waals surface area contributed by atoms with Crippen molar-refractivity contribution in [3.8, 4) is 0 Å². The fourth-order valence-corrected chi connectivity index (χ4v) is 3.89. The number of aryl methyl sites for hydroxylation is 2. The van der Waals surface area contributed by atoms with Crippen molar-refractivity contribution >= 4 is 35.3 Å². The number of halogens is 2. The minimum Gasteiger partial charge on any atom is -0.353 e. The Balaban J connectivity index is 1.96. The van der Waals surface area contributed by atoms with Crippen LogP contribution in [0.1, 0.15) is 36.1 Å². The molecule has 0 bridgehead atoms. The van der Waals surface area contributed by atoms with Gasteiger partial charge in [0.25, 0.3) is 0 Å². The first-order chi connectivity index (χ1) is 13.0. The van der Waals surface area contributed by atoms with E-state index in [0.717, 1.165) is 47.7 Å². The van der Waals surface area contributed by atoms with E-state index < -0.39 is 0 Å². The predicted molar refractivity (Wildman–Crippen MR) is 111 cm³/mol. The topological polar surface area (TPSA) is 46.9 Å². The Morgan fingerprint density at radius 3 is 2.89 bits per heavy atom. The average molecular weight is 404 g/mol. The Bertz CT molecular complexity index is 899. The van der Waals surface area contributed by atoms with Crippen molar-refractivity contribution in [3.63, 3.8) is 0 Å². The smallest absolute Gasteiger partial charge is 0.207 e. The van der Waals surface area contributed by atoms with Crippen LogP contribution in [-0.4, -0.2) is 16.0 Å². The molecule has 3 rings (SSSR count). The van der Waals surface area contributed by atoms with Gasteiger partial charge in [0, 0.05) is 11.4 Å². The van der Waals surface area contributed by atoms with Crippen LogP contribution < -0.4 is 5.32 Å². The summed E-state index contributed by atoms with van der Waals surface area (Å²) in [5.41, 5.74) is 4.10. The van der Waals surface area contributed by atoms with Gasteiger partial charge in [0.15, 0.2) is 0 Å². The first kappa shape index (κ1) is 19.7. The number of benzene rings is 1. The molecule has 1 aliphatic carbocycles. The second-order valence-electron chi connectivity index (χ2n) is 6.81. The molecule has 4 nitrogen and oxygen atoms in total. The molecule has 0 saturated heterocycles. The molecular weight excluding hydrogens is 381 g/mol. The average Bonchev–Trinajstić information content (AvgIpc) is 2.96. The van der Waals surface area contributed by atoms with Crippen LogP contribution in [0, 0.1) is 12.8 Å². The SMILES string of the molecule is Cc1nc(CNC=O)c(CCc2cccc(Cl)c2Cl)n1C1=CC(C)CC=C1. The van der Waals surface area contributed by atoms with Crippen molar-refractivity contribution in [1.29, 1.82) is 0 Å². The summed E-state index contributed by atoms with van der Waals surface area (Å²) in [7, 11) is 0. The van der Waals surface area contributed by atoms with E-state index in [1.807, 2.05) is 19.1 Å². The normalized spacial score (nSPS) is 16.3. The quantitative estimate of drug-likeness (QED) is 0.663. The number of aromatic nitrogens is 2. The van der Waals surface area contributed by atoms with Crippen LogP contribution in [0.2, 0.25) is 10.0 Å². The van der Waals surface area contributed by atoms with Gasteiger partial charge in [0.05, 0.1) is 22.3 Å². The Morgan fingerprint density at radius 2 is 2.15 bits per heavy atom. The van der Waals surface area contributed by atoms with Crippen LogP contribution >= 0.6 is 23.2 Å². The zero-order valence-electron chi connectivity index (χ0n) is 15.5. The van der Waals surface area contributed by atoms with Crippen molar-refractivity contribution in [1.82, 2.24) is 14.9 Å². The Labute approximate surface area is 169 Å². The van der Waals surface area contributed by atoms with Gasteiger partial charge < -0.3 is 9.88 Å². The van der Waals surface area contributed by atoms with E-state index in [1.54, 1.807) is 6.07 Å². The molecule has 1 heterocycles. The molecule has 0 radical (unpaired) electrons. The summed E-state index contributed by atoms with van der Waals surface area (Å²) in [5.74, 6) is 1.40. The minimum absolute atomic E-state index is 0.405. The van der Waals surface area contributed by atoms with E-state index in [-0.39, 0.29) is 0 Å². The molecule has 0 saturated carbocycles. The highest BCUT2D eigenvalue weighted by atomic mass is 35.5. The predicted octanol–water partition coefficient (Wildman–Crippen LogP) is 4.97. The highest BCUT2D eigenvalue weighted by Gasteiger charge is 2.18. The van der Waals surface area contributed by atoms with Crippen molar-refractivity contribution in [2.45, 2.75) is 39.7 Å². The number of allylic oxidation sites excluding steroid dienone is 4. The van der Waals surface area contributed by atoms with Crippen LogP contribution in [-0.2, 0) is 24.2 Å². The maximum absolute atomic E-state index is 10.8. The largest absolute Gasteiger partial charge is 0.353 e. The first-order valence-corrected chi connectivity index (χ1v) is 9.82. The summed E-state index contributed by atoms with van der Waals surface area (Å²) in [6.07, 6.45) is 9.84. The number of hydrogen-bond donors (Lipinski definition) is 1. The van der Waals surface area contributed by atoms with Crippen LogP contribution in [0.15, 0.2) is 36.4 Å². The zero-order chi connectivity index (χ0) is 19.4. The number of hydrogen-bond acceptors (Lipinski definition) is 2. The lowest BCUT2D eigenvalue weighted by molar-refractivity contribution is -0.109. The molecule has 0 fully saturated rings. The van der Waals surface area contributed by atoms with Gasteiger partial charge in [-0.1, -0.05) is 54.4 Å². The first-order valence-electron chi connectivity index (χ1n) is 9.07. The summed E-state index contributed by atoms with van der Waals surface area (Å²) >= 11 is 12.5. The molecule has 1 unspecified atom stereocenters. The van der Waals surface area contributed by atoms with Gasteiger partial charge in [-0.15, -0.1) is 0 Å². The van der Waals surface area contributed by atoms with Crippen LogP contribution in [0.25, 0.3) is 5.70 Å². The summed E-state index contributed by atoms with van der Waals surface area (Å²) in [6.45, 7) is 4.60.